The van der Waals surface area contributed by atoms with Crippen LogP contribution in [-0.4, -0.2) is 19.6 Å². The first-order valence-electron chi connectivity index (χ1n) is 4.58. The van der Waals surface area contributed by atoms with Gasteiger partial charge in [-0.15, -0.1) is 0 Å². The lowest BCUT2D eigenvalue weighted by atomic mass is 10.3. The SMILES string of the molecule is CCN=C(N)Nc1ccc(F)cc1OC. The summed E-state index contributed by atoms with van der Waals surface area (Å²) >= 11 is 0. The predicted octanol–water partition coefficient (Wildman–Crippen LogP) is 1.58. The van der Waals surface area contributed by atoms with E-state index in [1.807, 2.05) is 6.92 Å². The molecule has 82 valence electrons. The molecule has 0 saturated carbocycles. The number of methoxy groups -OCH3 is 1. The maximum atomic E-state index is 12.9. The van der Waals surface area contributed by atoms with Crippen molar-refractivity contribution in [3.8, 4) is 5.75 Å². The Kier molecular flexibility index (Phi) is 3.91. The molecule has 0 aliphatic rings. The number of rotatable bonds is 3. The molecule has 0 amide bonds. The summed E-state index contributed by atoms with van der Waals surface area (Å²) in [5, 5.41) is 2.83. The summed E-state index contributed by atoms with van der Waals surface area (Å²) in [7, 11) is 1.47. The van der Waals surface area contributed by atoms with E-state index in [1.165, 1.54) is 19.2 Å². The van der Waals surface area contributed by atoms with Crippen LogP contribution in [0.3, 0.4) is 0 Å². The van der Waals surface area contributed by atoms with E-state index in [4.69, 9.17) is 10.5 Å². The summed E-state index contributed by atoms with van der Waals surface area (Å²) in [5.41, 5.74) is 6.16. The molecular formula is C10H14FN3O. The monoisotopic (exact) mass is 211 g/mol. The quantitative estimate of drug-likeness (QED) is 0.589. The summed E-state index contributed by atoms with van der Waals surface area (Å²) in [6, 6.07) is 4.15. The molecule has 1 rings (SSSR count). The highest BCUT2D eigenvalue weighted by Gasteiger charge is 2.04. The first-order chi connectivity index (χ1) is 7.17. The van der Waals surface area contributed by atoms with E-state index in [-0.39, 0.29) is 11.8 Å². The van der Waals surface area contributed by atoms with Crippen molar-refractivity contribution in [1.29, 1.82) is 0 Å². The lowest BCUT2D eigenvalue weighted by Gasteiger charge is -2.10. The summed E-state index contributed by atoms with van der Waals surface area (Å²) < 4.78 is 17.8. The Bertz CT molecular complexity index is 366. The molecule has 0 heterocycles. The van der Waals surface area contributed by atoms with Gasteiger partial charge in [0.15, 0.2) is 5.96 Å². The van der Waals surface area contributed by atoms with E-state index in [2.05, 4.69) is 10.3 Å². The predicted molar refractivity (Wildman–Crippen MR) is 58.7 cm³/mol. The molecule has 0 radical (unpaired) electrons. The largest absolute Gasteiger partial charge is 0.494 e. The molecule has 0 atom stereocenters. The first kappa shape index (κ1) is 11.3. The highest BCUT2D eigenvalue weighted by atomic mass is 19.1. The van der Waals surface area contributed by atoms with E-state index in [1.54, 1.807) is 6.07 Å². The van der Waals surface area contributed by atoms with E-state index in [0.717, 1.165) is 0 Å². The van der Waals surface area contributed by atoms with Crippen LogP contribution >= 0.6 is 0 Å². The number of nitrogens with two attached hydrogens (primary N) is 1. The highest BCUT2D eigenvalue weighted by Crippen LogP contribution is 2.24. The van der Waals surface area contributed by atoms with Gasteiger partial charge in [0.2, 0.25) is 0 Å². The van der Waals surface area contributed by atoms with Crippen LogP contribution in [-0.2, 0) is 0 Å². The highest BCUT2D eigenvalue weighted by molar-refractivity contribution is 5.93. The lowest BCUT2D eigenvalue weighted by molar-refractivity contribution is 0.413. The lowest BCUT2D eigenvalue weighted by Crippen LogP contribution is -2.23. The summed E-state index contributed by atoms with van der Waals surface area (Å²) in [4.78, 5) is 3.95. The van der Waals surface area contributed by atoms with E-state index in [0.29, 0.717) is 18.0 Å². The molecule has 0 aromatic heterocycles. The van der Waals surface area contributed by atoms with Crippen LogP contribution in [0.25, 0.3) is 0 Å². The van der Waals surface area contributed by atoms with Crippen molar-refractivity contribution in [2.24, 2.45) is 10.7 Å². The Balaban J connectivity index is 2.89. The zero-order valence-electron chi connectivity index (χ0n) is 8.75. The van der Waals surface area contributed by atoms with E-state index < -0.39 is 0 Å². The number of ether oxygens (including phenoxy) is 1. The Hall–Kier alpha value is -1.78. The van der Waals surface area contributed by atoms with E-state index >= 15 is 0 Å². The van der Waals surface area contributed by atoms with Crippen molar-refractivity contribution in [3.05, 3.63) is 24.0 Å². The second-order valence-corrected chi connectivity index (χ2v) is 2.83. The molecule has 0 fully saturated rings. The molecule has 0 aliphatic carbocycles. The van der Waals surface area contributed by atoms with Crippen LogP contribution in [0.5, 0.6) is 5.75 Å². The molecule has 0 saturated heterocycles. The molecule has 0 spiro atoms. The third-order valence-electron chi connectivity index (χ3n) is 1.75. The van der Waals surface area contributed by atoms with Gasteiger partial charge in [0, 0.05) is 12.6 Å². The minimum atomic E-state index is -0.358. The normalized spacial score (nSPS) is 11.3. The molecular weight excluding hydrogens is 197 g/mol. The maximum Gasteiger partial charge on any atom is 0.193 e. The molecule has 5 heteroatoms. The zero-order chi connectivity index (χ0) is 11.3. The molecule has 4 nitrogen and oxygen atoms in total. The van der Waals surface area contributed by atoms with Crippen molar-refractivity contribution in [2.45, 2.75) is 6.92 Å². The van der Waals surface area contributed by atoms with Crippen molar-refractivity contribution < 1.29 is 9.13 Å². The Morgan fingerprint density at radius 1 is 1.60 bits per heavy atom. The minimum Gasteiger partial charge on any atom is -0.494 e. The summed E-state index contributed by atoms with van der Waals surface area (Å²) in [6.07, 6.45) is 0. The van der Waals surface area contributed by atoms with Gasteiger partial charge in [-0.1, -0.05) is 0 Å². The molecule has 15 heavy (non-hydrogen) atoms. The first-order valence-corrected chi connectivity index (χ1v) is 4.58. The Morgan fingerprint density at radius 2 is 2.33 bits per heavy atom. The van der Waals surface area contributed by atoms with Gasteiger partial charge in [0.1, 0.15) is 11.6 Å². The summed E-state index contributed by atoms with van der Waals surface area (Å²) in [5.74, 6) is 0.315. The molecule has 1 aromatic rings. The number of guanidine groups is 1. The number of halogens is 1. The fraction of sp³-hybridized carbons (Fsp3) is 0.300. The number of aliphatic imine (C=N–C) groups is 1. The van der Waals surface area contributed by atoms with Crippen molar-refractivity contribution >= 4 is 11.6 Å². The second kappa shape index (κ2) is 5.19. The van der Waals surface area contributed by atoms with Crippen molar-refractivity contribution in [2.75, 3.05) is 19.0 Å². The molecule has 0 bridgehead atoms. The van der Waals surface area contributed by atoms with Crippen LogP contribution in [0.2, 0.25) is 0 Å². The Morgan fingerprint density at radius 3 is 2.93 bits per heavy atom. The smallest absolute Gasteiger partial charge is 0.193 e. The zero-order valence-corrected chi connectivity index (χ0v) is 8.75. The Labute approximate surface area is 88.0 Å². The maximum absolute atomic E-state index is 12.9. The van der Waals surface area contributed by atoms with Crippen LogP contribution in [0.15, 0.2) is 23.2 Å². The number of anilines is 1. The number of nitrogens with one attached hydrogen (secondary N) is 1. The average molecular weight is 211 g/mol. The van der Waals surface area contributed by atoms with Gasteiger partial charge >= 0.3 is 0 Å². The third-order valence-corrected chi connectivity index (χ3v) is 1.75. The summed E-state index contributed by atoms with van der Waals surface area (Å²) in [6.45, 7) is 2.46. The average Bonchev–Trinajstić information content (AvgIpc) is 2.21. The molecule has 1 aromatic carbocycles. The van der Waals surface area contributed by atoms with Crippen molar-refractivity contribution in [1.82, 2.24) is 0 Å². The topological polar surface area (TPSA) is 59.6 Å². The van der Waals surface area contributed by atoms with Gasteiger partial charge in [0.05, 0.1) is 12.8 Å². The number of benzene rings is 1. The fourth-order valence-corrected chi connectivity index (χ4v) is 1.12. The van der Waals surface area contributed by atoms with Gasteiger partial charge in [-0.05, 0) is 19.1 Å². The van der Waals surface area contributed by atoms with Crippen LogP contribution in [0.4, 0.5) is 10.1 Å². The second-order valence-electron chi connectivity index (χ2n) is 2.83. The minimum absolute atomic E-state index is 0.280. The number of hydrogen-bond donors (Lipinski definition) is 2. The van der Waals surface area contributed by atoms with Gasteiger partial charge < -0.3 is 15.8 Å². The van der Waals surface area contributed by atoms with Crippen LogP contribution in [0.1, 0.15) is 6.92 Å². The van der Waals surface area contributed by atoms with Gasteiger partial charge in [0.25, 0.3) is 0 Å². The number of nitrogens with zero attached hydrogens (tertiary/aromatic N) is 1. The van der Waals surface area contributed by atoms with Gasteiger partial charge in [-0.25, -0.2) is 4.39 Å². The van der Waals surface area contributed by atoms with Gasteiger partial charge in [-0.3, -0.25) is 4.99 Å². The van der Waals surface area contributed by atoms with E-state index in [9.17, 15) is 4.39 Å². The molecule has 0 unspecified atom stereocenters. The van der Waals surface area contributed by atoms with Crippen LogP contribution in [0, 0.1) is 5.82 Å². The molecule has 3 N–H and O–H groups in total. The van der Waals surface area contributed by atoms with Crippen molar-refractivity contribution in [3.63, 3.8) is 0 Å². The molecule has 0 aliphatic heterocycles. The van der Waals surface area contributed by atoms with Crippen LogP contribution < -0.4 is 15.8 Å². The third kappa shape index (κ3) is 3.12. The number of hydrogen-bond acceptors (Lipinski definition) is 2. The fourth-order valence-electron chi connectivity index (χ4n) is 1.12. The van der Waals surface area contributed by atoms with Gasteiger partial charge in [-0.2, -0.15) is 0 Å². The standard InChI is InChI=1S/C10H14FN3O/c1-3-13-10(12)14-8-5-4-7(11)6-9(8)15-2/h4-6H,3H2,1-2H3,(H3,12,13,14).